The predicted molar refractivity (Wildman–Crippen MR) is 70.3 cm³/mol. The third-order valence-corrected chi connectivity index (χ3v) is 3.44. The van der Waals surface area contributed by atoms with Crippen LogP contribution in [0.3, 0.4) is 0 Å². The van der Waals surface area contributed by atoms with Gasteiger partial charge in [-0.2, -0.15) is 0 Å². The molecule has 2 unspecified atom stereocenters. The number of hydrogen-bond acceptors (Lipinski definition) is 4. The van der Waals surface area contributed by atoms with Gasteiger partial charge in [0, 0.05) is 19.6 Å². The van der Waals surface area contributed by atoms with E-state index in [9.17, 15) is 9.59 Å². The summed E-state index contributed by atoms with van der Waals surface area (Å²) in [4.78, 5) is 24.9. The van der Waals surface area contributed by atoms with Crippen molar-refractivity contribution in [3.05, 3.63) is 0 Å². The molecule has 1 rings (SSSR count). The number of nitrogens with one attached hydrogen (secondary N) is 3. The van der Waals surface area contributed by atoms with Crippen LogP contribution in [0.5, 0.6) is 0 Å². The van der Waals surface area contributed by atoms with Gasteiger partial charge < -0.3 is 15.5 Å². The highest BCUT2D eigenvalue weighted by Crippen LogP contribution is 2.14. The van der Waals surface area contributed by atoms with Crippen LogP contribution in [0.25, 0.3) is 0 Å². The fourth-order valence-electron chi connectivity index (χ4n) is 2.09. The highest BCUT2D eigenvalue weighted by molar-refractivity contribution is 5.96. The summed E-state index contributed by atoms with van der Waals surface area (Å²) in [6.45, 7) is 3.66. The maximum atomic E-state index is 11.6. The molecule has 0 saturated carbocycles. The maximum Gasteiger partial charge on any atom is 0.321 e. The van der Waals surface area contributed by atoms with Crippen molar-refractivity contribution in [2.45, 2.75) is 38.3 Å². The standard InChI is InChI=1S/C12H24N4O2/c1-9(11(17)15-12(18)13-2)14-8-10-6-4-5-7-16(10)3/h9-10,14H,4-8H2,1-3H3,(H2,13,15,17,18). The molecule has 1 aliphatic rings. The minimum Gasteiger partial charge on any atom is -0.341 e. The second-order valence-electron chi connectivity index (χ2n) is 4.83. The summed E-state index contributed by atoms with van der Waals surface area (Å²) >= 11 is 0. The van der Waals surface area contributed by atoms with Gasteiger partial charge in [0.25, 0.3) is 0 Å². The number of nitrogens with zero attached hydrogens (tertiary/aromatic N) is 1. The van der Waals surface area contributed by atoms with Gasteiger partial charge >= 0.3 is 6.03 Å². The van der Waals surface area contributed by atoms with Gasteiger partial charge in [0.15, 0.2) is 0 Å². The van der Waals surface area contributed by atoms with E-state index in [-0.39, 0.29) is 11.9 Å². The molecule has 0 aromatic carbocycles. The van der Waals surface area contributed by atoms with Crippen molar-refractivity contribution in [1.29, 1.82) is 0 Å². The van der Waals surface area contributed by atoms with Gasteiger partial charge in [-0.05, 0) is 33.4 Å². The first-order chi connectivity index (χ1) is 8.54. The van der Waals surface area contributed by atoms with E-state index in [0.29, 0.717) is 6.04 Å². The Bertz CT molecular complexity index is 296. The average molecular weight is 256 g/mol. The molecule has 0 radical (unpaired) electrons. The lowest BCUT2D eigenvalue weighted by Crippen LogP contribution is -2.51. The van der Waals surface area contributed by atoms with E-state index in [1.54, 1.807) is 6.92 Å². The molecule has 18 heavy (non-hydrogen) atoms. The van der Waals surface area contributed by atoms with E-state index < -0.39 is 6.03 Å². The van der Waals surface area contributed by atoms with Crippen molar-refractivity contribution < 1.29 is 9.59 Å². The quantitative estimate of drug-likeness (QED) is 0.657. The van der Waals surface area contributed by atoms with Gasteiger partial charge in [-0.25, -0.2) is 4.79 Å². The lowest BCUT2D eigenvalue weighted by Gasteiger charge is -2.33. The smallest absolute Gasteiger partial charge is 0.321 e. The number of piperidine rings is 1. The van der Waals surface area contributed by atoms with Crippen molar-refractivity contribution >= 4 is 11.9 Å². The topological polar surface area (TPSA) is 73.5 Å². The third-order valence-electron chi connectivity index (χ3n) is 3.44. The zero-order chi connectivity index (χ0) is 13.5. The number of urea groups is 1. The van der Waals surface area contributed by atoms with E-state index in [1.165, 1.54) is 19.9 Å². The van der Waals surface area contributed by atoms with Crippen LogP contribution in [0.2, 0.25) is 0 Å². The Morgan fingerprint density at radius 3 is 2.72 bits per heavy atom. The zero-order valence-electron chi connectivity index (χ0n) is 11.5. The summed E-state index contributed by atoms with van der Waals surface area (Å²) in [6.07, 6.45) is 3.66. The number of carbonyl (C=O) groups excluding carboxylic acids is 2. The zero-order valence-corrected chi connectivity index (χ0v) is 11.5. The Kier molecular flexibility index (Phi) is 6.07. The van der Waals surface area contributed by atoms with Crippen molar-refractivity contribution in [2.24, 2.45) is 0 Å². The molecule has 1 fully saturated rings. The molecule has 1 saturated heterocycles. The molecule has 0 spiro atoms. The minimum atomic E-state index is -0.469. The van der Waals surface area contributed by atoms with Crippen molar-refractivity contribution in [3.63, 3.8) is 0 Å². The van der Waals surface area contributed by atoms with E-state index in [0.717, 1.165) is 19.5 Å². The van der Waals surface area contributed by atoms with Crippen LogP contribution in [0.1, 0.15) is 26.2 Å². The van der Waals surface area contributed by atoms with Crippen LogP contribution in [-0.2, 0) is 4.79 Å². The number of rotatable bonds is 4. The summed E-state index contributed by atoms with van der Waals surface area (Å²) in [5.74, 6) is -0.298. The van der Waals surface area contributed by atoms with Gasteiger partial charge in [0.1, 0.15) is 0 Å². The molecule has 0 bridgehead atoms. The second-order valence-corrected chi connectivity index (χ2v) is 4.83. The minimum absolute atomic E-state index is 0.298. The van der Waals surface area contributed by atoms with Gasteiger partial charge in [0.2, 0.25) is 5.91 Å². The molecular weight excluding hydrogens is 232 g/mol. The number of carbonyl (C=O) groups is 2. The molecule has 1 heterocycles. The highest BCUT2D eigenvalue weighted by atomic mass is 16.2. The highest BCUT2D eigenvalue weighted by Gasteiger charge is 2.21. The first-order valence-electron chi connectivity index (χ1n) is 6.50. The number of amides is 3. The van der Waals surface area contributed by atoms with Gasteiger partial charge in [0.05, 0.1) is 6.04 Å². The molecule has 3 N–H and O–H groups in total. The molecule has 3 amide bonds. The lowest BCUT2D eigenvalue weighted by atomic mass is 10.0. The van der Waals surface area contributed by atoms with Crippen LogP contribution < -0.4 is 16.0 Å². The van der Waals surface area contributed by atoms with E-state index >= 15 is 0 Å². The largest absolute Gasteiger partial charge is 0.341 e. The molecule has 6 nitrogen and oxygen atoms in total. The monoisotopic (exact) mass is 256 g/mol. The van der Waals surface area contributed by atoms with Gasteiger partial charge in [-0.15, -0.1) is 0 Å². The number of likely N-dealkylation sites (N-methyl/N-ethyl adjacent to an activating group) is 1. The Hall–Kier alpha value is -1.14. The first kappa shape index (κ1) is 14.9. The molecule has 2 atom stereocenters. The summed E-state index contributed by atoms with van der Waals surface area (Å²) in [6, 6.07) is -0.352. The van der Waals surface area contributed by atoms with Crippen molar-refractivity contribution in [2.75, 3.05) is 27.2 Å². The number of imide groups is 1. The van der Waals surface area contributed by atoms with E-state index in [1.807, 2.05) is 0 Å². The number of likely N-dealkylation sites (tertiary alicyclic amines) is 1. The molecule has 6 heteroatoms. The van der Waals surface area contributed by atoms with Crippen molar-refractivity contribution in [1.82, 2.24) is 20.9 Å². The van der Waals surface area contributed by atoms with E-state index in [4.69, 9.17) is 0 Å². The Balaban J connectivity index is 2.29. The van der Waals surface area contributed by atoms with Gasteiger partial charge in [-0.3, -0.25) is 10.1 Å². The van der Waals surface area contributed by atoms with Crippen LogP contribution in [0, 0.1) is 0 Å². The molecular formula is C12H24N4O2. The fraction of sp³-hybridized carbons (Fsp3) is 0.833. The Morgan fingerprint density at radius 2 is 2.11 bits per heavy atom. The third kappa shape index (κ3) is 4.62. The van der Waals surface area contributed by atoms with Crippen LogP contribution in [0.15, 0.2) is 0 Å². The van der Waals surface area contributed by atoms with Crippen molar-refractivity contribution in [3.8, 4) is 0 Å². The molecule has 1 aliphatic heterocycles. The normalized spacial score (nSPS) is 22.3. The Morgan fingerprint density at radius 1 is 1.39 bits per heavy atom. The maximum absolute atomic E-state index is 11.6. The summed E-state index contributed by atoms with van der Waals surface area (Å²) in [5, 5.41) is 7.80. The van der Waals surface area contributed by atoms with Crippen LogP contribution in [0.4, 0.5) is 4.79 Å². The van der Waals surface area contributed by atoms with Crippen LogP contribution >= 0.6 is 0 Å². The van der Waals surface area contributed by atoms with E-state index in [2.05, 4.69) is 27.9 Å². The second kappa shape index (κ2) is 7.33. The SMILES string of the molecule is CNC(=O)NC(=O)C(C)NCC1CCCCN1C. The summed E-state index contributed by atoms with van der Waals surface area (Å²) < 4.78 is 0. The Labute approximate surface area is 108 Å². The average Bonchev–Trinajstić information content (AvgIpc) is 2.37. The molecule has 0 aromatic heterocycles. The first-order valence-corrected chi connectivity index (χ1v) is 6.50. The summed E-state index contributed by atoms with van der Waals surface area (Å²) in [7, 11) is 3.60. The molecule has 0 aromatic rings. The molecule has 104 valence electrons. The molecule has 0 aliphatic carbocycles. The number of hydrogen-bond donors (Lipinski definition) is 3. The van der Waals surface area contributed by atoms with Crippen LogP contribution in [-0.4, -0.2) is 56.1 Å². The fourth-order valence-corrected chi connectivity index (χ4v) is 2.09. The predicted octanol–water partition coefficient (Wildman–Crippen LogP) is -0.0956. The summed E-state index contributed by atoms with van der Waals surface area (Å²) in [5.41, 5.74) is 0. The lowest BCUT2D eigenvalue weighted by molar-refractivity contribution is -0.121. The van der Waals surface area contributed by atoms with Gasteiger partial charge in [-0.1, -0.05) is 6.42 Å².